The average Bonchev–Trinajstić information content (AvgIpc) is 2.96. The Bertz CT molecular complexity index is 554. The number of carbonyl (C=O) groups is 2. The quantitative estimate of drug-likeness (QED) is 0.695. The van der Waals surface area contributed by atoms with Gasteiger partial charge in [0.25, 0.3) is 0 Å². The molecule has 2 rings (SSSR count). The average molecular weight is 356 g/mol. The first-order chi connectivity index (χ1) is 11.2. The molecule has 2 amide bonds. The molecule has 2 N–H and O–H groups in total. The summed E-state index contributed by atoms with van der Waals surface area (Å²) >= 11 is 0. The van der Waals surface area contributed by atoms with E-state index in [9.17, 15) is 9.59 Å². The Morgan fingerprint density at radius 1 is 1.29 bits per heavy atom. The van der Waals surface area contributed by atoms with Gasteiger partial charge in [0.15, 0.2) is 0 Å². The Kier molecular flexibility index (Phi) is 8.57. The van der Waals surface area contributed by atoms with Gasteiger partial charge in [-0.3, -0.25) is 9.59 Å². The summed E-state index contributed by atoms with van der Waals surface area (Å²) < 4.78 is 5.30. The molecular formula is C17H26ClN3O3. The minimum Gasteiger partial charge on any atom is -0.495 e. The normalized spacial score (nSPS) is 16.7. The smallest absolute Gasteiger partial charge is 0.227 e. The SMILES string of the molecule is CCCNCCNC(=O)C1CC(=O)N(c2ccccc2OC)C1.Cl. The van der Waals surface area contributed by atoms with E-state index in [0.717, 1.165) is 25.2 Å². The highest BCUT2D eigenvalue weighted by Gasteiger charge is 2.35. The lowest BCUT2D eigenvalue weighted by atomic mass is 10.1. The molecule has 134 valence electrons. The van der Waals surface area contributed by atoms with Gasteiger partial charge in [0.1, 0.15) is 5.75 Å². The van der Waals surface area contributed by atoms with E-state index in [1.807, 2.05) is 24.3 Å². The number of nitrogens with one attached hydrogen (secondary N) is 2. The maximum atomic E-state index is 12.3. The number of anilines is 1. The second-order valence-corrected chi connectivity index (χ2v) is 5.62. The van der Waals surface area contributed by atoms with E-state index in [0.29, 0.717) is 18.8 Å². The van der Waals surface area contributed by atoms with Crippen molar-refractivity contribution in [3.05, 3.63) is 24.3 Å². The van der Waals surface area contributed by atoms with Gasteiger partial charge in [-0.1, -0.05) is 19.1 Å². The van der Waals surface area contributed by atoms with Crippen molar-refractivity contribution in [1.82, 2.24) is 10.6 Å². The number of hydrogen-bond acceptors (Lipinski definition) is 4. The van der Waals surface area contributed by atoms with Gasteiger partial charge in [0.05, 0.1) is 18.7 Å². The van der Waals surface area contributed by atoms with Crippen molar-refractivity contribution in [2.75, 3.05) is 38.2 Å². The molecule has 1 aromatic rings. The number of halogens is 1. The summed E-state index contributed by atoms with van der Waals surface area (Å²) in [6.45, 7) is 4.77. The molecule has 1 aliphatic heterocycles. The zero-order valence-electron chi connectivity index (χ0n) is 14.2. The van der Waals surface area contributed by atoms with E-state index >= 15 is 0 Å². The van der Waals surface area contributed by atoms with Crippen LogP contribution in [-0.4, -0.2) is 45.1 Å². The topological polar surface area (TPSA) is 70.7 Å². The number of benzene rings is 1. The highest BCUT2D eigenvalue weighted by molar-refractivity contribution is 6.01. The summed E-state index contributed by atoms with van der Waals surface area (Å²) in [5, 5.41) is 6.12. The third-order valence-corrected chi connectivity index (χ3v) is 3.90. The van der Waals surface area contributed by atoms with Gasteiger partial charge in [-0.05, 0) is 25.1 Å². The van der Waals surface area contributed by atoms with Crippen molar-refractivity contribution in [3.8, 4) is 5.75 Å². The van der Waals surface area contributed by atoms with Gasteiger partial charge >= 0.3 is 0 Å². The van der Waals surface area contributed by atoms with Crippen molar-refractivity contribution in [3.63, 3.8) is 0 Å². The second-order valence-electron chi connectivity index (χ2n) is 5.62. The van der Waals surface area contributed by atoms with Crippen LogP contribution in [0.15, 0.2) is 24.3 Å². The summed E-state index contributed by atoms with van der Waals surface area (Å²) in [6, 6.07) is 7.37. The van der Waals surface area contributed by atoms with E-state index in [4.69, 9.17) is 4.74 Å². The monoisotopic (exact) mass is 355 g/mol. The van der Waals surface area contributed by atoms with E-state index in [2.05, 4.69) is 17.6 Å². The van der Waals surface area contributed by atoms with Crippen LogP contribution in [0.3, 0.4) is 0 Å². The molecule has 1 atom stereocenters. The van der Waals surface area contributed by atoms with Gasteiger partial charge in [0.2, 0.25) is 11.8 Å². The maximum Gasteiger partial charge on any atom is 0.227 e. The van der Waals surface area contributed by atoms with E-state index in [1.54, 1.807) is 12.0 Å². The van der Waals surface area contributed by atoms with Crippen molar-refractivity contribution in [2.45, 2.75) is 19.8 Å². The number of carbonyl (C=O) groups excluding carboxylic acids is 2. The number of rotatable bonds is 8. The Morgan fingerprint density at radius 2 is 2.04 bits per heavy atom. The molecule has 1 fully saturated rings. The summed E-state index contributed by atoms with van der Waals surface area (Å²) in [7, 11) is 1.58. The molecule has 0 saturated carbocycles. The maximum absolute atomic E-state index is 12.3. The molecule has 0 aromatic heterocycles. The van der Waals surface area contributed by atoms with Gasteiger partial charge in [-0.15, -0.1) is 12.4 Å². The summed E-state index contributed by atoms with van der Waals surface area (Å²) in [6.07, 6.45) is 1.31. The van der Waals surface area contributed by atoms with Crippen LogP contribution >= 0.6 is 12.4 Å². The number of amides is 2. The van der Waals surface area contributed by atoms with Gasteiger partial charge in [-0.2, -0.15) is 0 Å². The van der Waals surface area contributed by atoms with Gasteiger partial charge in [-0.25, -0.2) is 0 Å². The van der Waals surface area contributed by atoms with Gasteiger partial charge in [0, 0.05) is 26.1 Å². The first-order valence-corrected chi connectivity index (χ1v) is 8.09. The molecule has 1 saturated heterocycles. The Balaban J connectivity index is 0.00000288. The number of nitrogens with zero attached hydrogens (tertiary/aromatic N) is 1. The third-order valence-electron chi connectivity index (χ3n) is 3.90. The standard InChI is InChI=1S/C17H25N3O3.ClH/c1-3-8-18-9-10-19-17(22)13-11-16(21)20(12-13)14-6-4-5-7-15(14)23-2;/h4-7,13,18H,3,8-12H2,1-2H3,(H,19,22);1H. The van der Waals surface area contributed by atoms with Crippen LogP contribution in [0.4, 0.5) is 5.69 Å². The van der Waals surface area contributed by atoms with Gasteiger partial charge < -0.3 is 20.3 Å². The molecule has 0 bridgehead atoms. The number of ether oxygens (including phenoxy) is 1. The van der Waals surface area contributed by atoms with Crippen LogP contribution in [0.5, 0.6) is 5.75 Å². The van der Waals surface area contributed by atoms with E-state index in [-0.39, 0.29) is 36.6 Å². The number of methoxy groups -OCH3 is 1. The van der Waals surface area contributed by atoms with Crippen LogP contribution in [-0.2, 0) is 9.59 Å². The highest BCUT2D eigenvalue weighted by atomic mass is 35.5. The fourth-order valence-electron chi connectivity index (χ4n) is 2.69. The molecular weight excluding hydrogens is 330 g/mol. The fraction of sp³-hybridized carbons (Fsp3) is 0.529. The summed E-state index contributed by atoms with van der Waals surface area (Å²) in [4.78, 5) is 26.1. The first-order valence-electron chi connectivity index (χ1n) is 8.09. The molecule has 7 heteroatoms. The highest BCUT2D eigenvalue weighted by Crippen LogP contribution is 2.32. The largest absolute Gasteiger partial charge is 0.495 e. The fourth-order valence-corrected chi connectivity index (χ4v) is 2.69. The Morgan fingerprint density at radius 3 is 2.75 bits per heavy atom. The molecule has 1 unspecified atom stereocenters. The number of hydrogen-bond donors (Lipinski definition) is 2. The first kappa shape index (κ1) is 20.3. The lowest BCUT2D eigenvalue weighted by Gasteiger charge is -2.19. The molecule has 0 aliphatic carbocycles. The van der Waals surface area contributed by atoms with E-state index < -0.39 is 0 Å². The molecule has 1 heterocycles. The zero-order chi connectivity index (χ0) is 16.7. The lowest BCUT2D eigenvalue weighted by molar-refractivity contribution is -0.126. The minimum absolute atomic E-state index is 0. The number of para-hydroxylation sites is 2. The van der Waals surface area contributed by atoms with Crippen LogP contribution < -0.4 is 20.3 Å². The molecule has 1 aromatic carbocycles. The molecule has 0 radical (unpaired) electrons. The second kappa shape index (κ2) is 10.2. The molecule has 24 heavy (non-hydrogen) atoms. The molecule has 1 aliphatic rings. The summed E-state index contributed by atoms with van der Waals surface area (Å²) in [5.74, 6) is 0.233. The van der Waals surface area contributed by atoms with Crippen LogP contribution in [0, 0.1) is 5.92 Å². The van der Waals surface area contributed by atoms with Crippen LogP contribution in [0.25, 0.3) is 0 Å². The third kappa shape index (κ3) is 5.11. The van der Waals surface area contributed by atoms with Crippen molar-refractivity contribution in [1.29, 1.82) is 0 Å². The van der Waals surface area contributed by atoms with Crippen molar-refractivity contribution < 1.29 is 14.3 Å². The summed E-state index contributed by atoms with van der Waals surface area (Å²) in [5.41, 5.74) is 0.722. The predicted molar refractivity (Wildman–Crippen MR) is 96.9 cm³/mol. The van der Waals surface area contributed by atoms with E-state index in [1.165, 1.54) is 0 Å². The van der Waals surface area contributed by atoms with Crippen molar-refractivity contribution in [2.24, 2.45) is 5.92 Å². The minimum atomic E-state index is -0.307. The molecule has 0 spiro atoms. The van der Waals surface area contributed by atoms with Crippen molar-refractivity contribution >= 4 is 29.9 Å². The zero-order valence-corrected chi connectivity index (χ0v) is 15.0. The lowest BCUT2D eigenvalue weighted by Crippen LogP contribution is -2.37. The Hall–Kier alpha value is -1.79. The van der Waals surface area contributed by atoms with Crippen LogP contribution in [0.1, 0.15) is 19.8 Å². The Labute approximate surface area is 149 Å². The predicted octanol–water partition coefficient (Wildman–Crippen LogP) is 1.59. The molecule has 6 nitrogen and oxygen atoms in total. The van der Waals surface area contributed by atoms with Crippen LogP contribution in [0.2, 0.25) is 0 Å².